The first-order valence-electron chi connectivity index (χ1n) is 6.01. The monoisotopic (exact) mass is 253 g/mol. The van der Waals surface area contributed by atoms with E-state index in [4.69, 9.17) is 5.73 Å². The fourth-order valence-electron chi connectivity index (χ4n) is 2.51. The summed E-state index contributed by atoms with van der Waals surface area (Å²) in [5.41, 5.74) is 7.02. The maximum Gasteiger partial charge on any atom is 0.175 e. The van der Waals surface area contributed by atoms with Gasteiger partial charge in [0.15, 0.2) is 9.84 Å². The maximum atomic E-state index is 11.5. The second-order valence-corrected chi connectivity index (χ2v) is 7.03. The third-order valence-electron chi connectivity index (χ3n) is 3.58. The molecule has 0 amide bonds. The molecule has 1 saturated carbocycles. The normalized spacial score (nSPS) is 20.1. The van der Waals surface area contributed by atoms with Crippen LogP contribution in [0.15, 0.2) is 29.2 Å². The summed E-state index contributed by atoms with van der Waals surface area (Å²) < 4.78 is 23.1. The van der Waals surface area contributed by atoms with Gasteiger partial charge in [-0.2, -0.15) is 0 Å². The van der Waals surface area contributed by atoms with E-state index in [1.165, 1.54) is 12.7 Å². The van der Waals surface area contributed by atoms with Gasteiger partial charge in [0, 0.05) is 11.8 Å². The van der Waals surface area contributed by atoms with Crippen molar-refractivity contribution in [1.29, 1.82) is 0 Å². The minimum atomic E-state index is -3.15. The van der Waals surface area contributed by atoms with Gasteiger partial charge in [-0.15, -0.1) is 0 Å². The van der Waals surface area contributed by atoms with Crippen molar-refractivity contribution in [2.24, 2.45) is 5.73 Å². The van der Waals surface area contributed by atoms with Gasteiger partial charge in [0.2, 0.25) is 0 Å². The minimum absolute atomic E-state index is 0.334. The molecule has 0 aliphatic heterocycles. The number of hydrogen-bond acceptors (Lipinski definition) is 3. The van der Waals surface area contributed by atoms with Crippen LogP contribution >= 0.6 is 0 Å². The quantitative estimate of drug-likeness (QED) is 0.879. The molecule has 4 heteroatoms. The zero-order valence-electron chi connectivity index (χ0n) is 10.1. The third kappa shape index (κ3) is 2.69. The van der Waals surface area contributed by atoms with Crippen LogP contribution in [-0.2, 0) is 15.4 Å². The van der Waals surface area contributed by atoms with Gasteiger partial charge in [-0.1, -0.05) is 31.4 Å². The van der Waals surface area contributed by atoms with E-state index < -0.39 is 9.84 Å². The van der Waals surface area contributed by atoms with Crippen molar-refractivity contribution in [2.45, 2.75) is 42.5 Å². The van der Waals surface area contributed by atoms with E-state index in [0.717, 1.165) is 31.2 Å². The van der Waals surface area contributed by atoms with Crippen LogP contribution in [0.25, 0.3) is 0 Å². The molecule has 0 heterocycles. The predicted molar refractivity (Wildman–Crippen MR) is 68.5 cm³/mol. The summed E-state index contributed by atoms with van der Waals surface area (Å²) in [4.78, 5) is 0.366. The molecule has 1 aliphatic carbocycles. The zero-order chi connectivity index (χ0) is 12.5. The molecule has 0 bridgehead atoms. The van der Waals surface area contributed by atoms with E-state index in [0.29, 0.717) is 4.90 Å². The van der Waals surface area contributed by atoms with E-state index in [-0.39, 0.29) is 5.54 Å². The highest BCUT2D eigenvalue weighted by molar-refractivity contribution is 7.90. The summed E-state index contributed by atoms with van der Waals surface area (Å²) >= 11 is 0. The molecule has 0 radical (unpaired) electrons. The highest BCUT2D eigenvalue weighted by Crippen LogP contribution is 2.35. The Labute approximate surface area is 103 Å². The second kappa shape index (κ2) is 4.42. The summed E-state index contributed by atoms with van der Waals surface area (Å²) in [6.45, 7) is 0. The van der Waals surface area contributed by atoms with Crippen LogP contribution in [0.5, 0.6) is 0 Å². The van der Waals surface area contributed by atoms with Crippen LogP contribution in [0.2, 0.25) is 0 Å². The third-order valence-corrected chi connectivity index (χ3v) is 4.69. The van der Waals surface area contributed by atoms with Gasteiger partial charge in [-0.25, -0.2) is 8.42 Å². The topological polar surface area (TPSA) is 60.2 Å². The molecule has 2 N–H and O–H groups in total. The van der Waals surface area contributed by atoms with E-state index in [1.807, 2.05) is 6.07 Å². The number of rotatable bonds is 2. The van der Waals surface area contributed by atoms with Crippen molar-refractivity contribution < 1.29 is 8.42 Å². The Kier molecular flexibility index (Phi) is 3.27. The van der Waals surface area contributed by atoms with E-state index in [2.05, 4.69) is 0 Å². The Balaban J connectivity index is 2.39. The van der Waals surface area contributed by atoms with Crippen molar-refractivity contribution in [2.75, 3.05) is 6.26 Å². The molecule has 3 nitrogen and oxygen atoms in total. The Hall–Kier alpha value is -0.870. The Bertz CT molecular complexity index is 502. The summed E-state index contributed by atoms with van der Waals surface area (Å²) in [6, 6.07) is 7.10. The van der Waals surface area contributed by atoms with Gasteiger partial charge in [0.05, 0.1) is 4.90 Å². The predicted octanol–water partition coefficient (Wildman–Crippen LogP) is 2.21. The van der Waals surface area contributed by atoms with Gasteiger partial charge < -0.3 is 5.73 Å². The van der Waals surface area contributed by atoms with Crippen molar-refractivity contribution in [3.8, 4) is 0 Å². The zero-order valence-corrected chi connectivity index (χ0v) is 11.0. The van der Waals surface area contributed by atoms with Crippen molar-refractivity contribution in [1.82, 2.24) is 0 Å². The molecule has 1 aliphatic rings. The lowest BCUT2D eigenvalue weighted by Gasteiger charge is -2.34. The van der Waals surface area contributed by atoms with E-state index >= 15 is 0 Å². The fraction of sp³-hybridized carbons (Fsp3) is 0.538. The smallest absolute Gasteiger partial charge is 0.175 e. The van der Waals surface area contributed by atoms with Crippen LogP contribution < -0.4 is 5.73 Å². The molecule has 1 aromatic carbocycles. The second-order valence-electron chi connectivity index (χ2n) is 5.02. The molecular weight excluding hydrogens is 234 g/mol. The van der Waals surface area contributed by atoms with Gasteiger partial charge >= 0.3 is 0 Å². The summed E-state index contributed by atoms with van der Waals surface area (Å²) in [5, 5.41) is 0. The van der Waals surface area contributed by atoms with Crippen LogP contribution in [0, 0.1) is 0 Å². The number of sulfone groups is 1. The van der Waals surface area contributed by atoms with E-state index in [1.54, 1.807) is 18.2 Å². The average Bonchev–Trinajstić information content (AvgIpc) is 2.29. The minimum Gasteiger partial charge on any atom is -0.321 e. The van der Waals surface area contributed by atoms with Crippen LogP contribution in [0.3, 0.4) is 0 Å². The lowest BCUT2D eigenvalue weighted by molar-refractivity contribution is 0.302. The van der Waals surface area contributed by atoms with Gasteiger partial charge in [-0.05, 0) is 30.5 Å². The maximum absolute atomic E-state index is 11.5. The lowest BCUT2D eigenvalue weighted by Crippen LogP contribution is -2.38. The first kappa shape index (κ1) is 12.6. The van der Waals surface area contributed by atoms with Crippen molar-refractivity contribution >= 4 is 9.84 Å². The highest BCUT2D eigenvalue weighted by atomic mass is 32.2. The molecule has 0 spiro atoms. The highest BCUT2D eigenvalue weighted by Gasteiger charge is 2.29. The SMILES string of the molecule is CS(=O)(=O)c1cccc(C2(N)CCCCC2)c1. The molecule has 1 fully saturated rings. The first-order valence-corrected chi connectivity index (χ1v) is 7.90. The lowest BCUT2D eigenvalue weighted by atomic mass is 9.77. The largest absolute Gasteiger partial charge is 0.321 e. The van der Waals surface area contributed by atoms with Crippen LogP contribution in [0.1, 0.15) is 37.7 Å². The Morgan fingerprint density at radius 3 is 2.41 bits per heavy atom. The molecule has 0 atom stereocenters. The number of nitrogens with two attached hydrogens (primary N) is 1. The summed E-state index contributed by atoms with van der Waals surface area (Å²) in [6.07, 6.45) is 6.60. The first-order chi connectivity index (χ1) is 7.92. The van der Waals surface area contributed by atoms with Gasteiger partial charge in [-0.3, -0.25) is 0 Å². The van der Waals surface area contributed by atoms with Crippen LogP contribution in [0.4, 0.5) is 0 Å². The van der Waals surface area contributed by atoms with Crippen LogP contribution in [-0.4, -0.2) is 14.7 Å². The molecule has 17 heavy (non-hydrogen) atoms. The molecule has 1 aromatic rings. The standard InChI is InChI=1S/C13H19NO2S/c1-17(15,16)12-7-5-6-11(10-12)13(14)8-3-2-4-9-13/h5-7,10H,2-4,8-9,14H2,1H3. The molecule has 0 aromatic heterocycles. The summed E-state index contributed by atoms with van der Waals surface area (Å²) in [7, 11) is -3.15. The molecule has 94 valence electrons. The number of hydrogen-bond donors (Lipinski definition) is 1. The van der Waals surface area contributed by atoms with Gasteiger partial charge in [0.25, 0.3) is 0 Å². The Morgan fingerprint density at radius 2 is 1.82 bits per heavy atom. The Morgan fingerprint density at radius 1 is 1.18 bits per heavy atom. The van der Waals surface area contributed by atoms with Gasteiger partial charge in [0.1, 0.15) is 0 Å². The average molecular weight is 253 g/mol. The fourth-order valence-corrected chi connectivity index (χ4v) is 3.17. The van der Waals surface area contributed by atoms with E-state index in [9.17, 15) is 8.42 Å². The van der Waals surface area contributed by atoms with Crippen molar-refractivity contribution in [3.05, 3.63) is 29.8 Å². The molecular formula is C13H19NO2S. The number of benzene rings is 1. The van der Waals surface area contributed by atoms with Crippen molar-refractivity contribution in [3.63, 3.8) is 0 Å². The summed E-state index contributed by atoms with van der Waals surface area (Å²) in [5.74, 6) is 0. The molecule has 2 rings (SSSR count). The molecule has 0 saturated heterocycles. The molecule has 0 unspecified atom stereocenters.